The van der Waals surface area contributed by atoms with E-state index in [2.05, 4.69) is 10.1 Å². The van der Waals surface area contributed by atoms with Crippen LogP contribution in [0.25, 0.3) is 0 Å². The van der Waals surface area contributed by atoms with Crippen LogP contribution in [-0.2, 0) is 9.53 Å². The van der Waals surface area contributed by atoms with Crippen molar-refractivity contribution in [1.82, 2.24) is 5.32 Å². The highest BCUT2D eigenvalue weighted by molar-refractivity contribution is 5.92. The minimum Gasteiger partial charge on any atom is -0.497 e. The second kappa shape index (κ2) is 7.31. The summed E-state index contributed by atoms with van der Waals surface area (Å²) >= 11 is 0. The molecule has 2 aromatic rings. The predicted molar refractivity (Wildman–Crippen MR) is 78.5 cm³/mol. The van der Waals surface area contributed by atoms with Gasteiger partial charge in [0.1, 0.15) is 5.75 Å². The summed E-state index contributed by atoms with van der Waals surface area (Å²) < 4.78 is 14.8. The Kier molecular flexibility index (Phi) is 5.19. The Morgan fingerprint density at radius 2 is 1.91 bits per heavy atom. The number of amides is 1. The highest BCUT2D eigenvalue weighted by Gasteiger charge is 2.20. The van der Waals surface area contributed by atoms with Crippen molar-refractivity contribution in [1.29, 1.82) is 0 Å². The summed E-state index contributed by atoms with van der Waals surface area (Å²) in [5.74, 6) is 0.0663. The molecule has 0 aliphatic carbocycles. The topological polar surface area (TPSA) is 77.8 Å². The van der Waals surface area contributed by atoms with Crippen LogP contribution in [0.2, 0.25) is 0 Å². The fourth-order valence-electron chi connectivity index (χ4n) is 1.98. The van der Waals surface area contributed by atoms with E-state index < -0.39 is 17.9 Å². The van der Waals surface area contributed by atoms with Gasteiger partial charge in [0.2, 0.25) is 0 Å². The highest BCUT2D eigenvalue weighted by atomic mass is 16.5. The number of benzene rings is 1. The van der Waals surface area contributed by atoms with E-state index in [1.54, 1.807) is 43.5 Å². The van der Waals surface area contributed by atoms with Crippen LogP contribution >= 0.6 is 0 Å². The molecular formula is C16H17NO5. The molecule has 2 rings (SSSR count). The molecule has 1 N–H and O–H groups in total. The largest absolute Gasteiger partial charge is 0.497 e. The molecule has 0 saturated carbocycles. The van der Waals surface area contributed by atoms with Crippen LogP contribution in [0.15, 0.2) is 47.1 Å². The third kappa shape index (κ3) is 3.88. The lowest BCUT2D eigenvalue weighted by Gasteiger charge is -2.18. The fraction of sp³-hybridized carbons (Fsp3) is 0.250. The smallest absolute Gasteiger partial charge is 0.307 e. The zero-order chi connectivity index (χ0) is 15.9. The number of nitrogens with one attached hydrogen (secondary N) is 1. The van der Waals surface area contributed by atoms with Crippen molar-refractivity contribution in [2.45, 2.75) is 12.5 Å². The van der Waals surface area contributed by atoms with Crippen molar-refractivity contribution in [2.24, 2.45) is 0 Å². The quantitative estimate of drug-likeness (QED) is 0.829. The van der Waals surface area contributed by atoms with Crippen molar-refractivity contribution in [3.8, 4) is 5.75 Å². The second-order valence-electron chi connectivity index (χ2n) is 4.56. The number of rotatable bonds is 6. The number of ether oxygens (including phenoxy) is 2. The molecule has 6 heteroatoms. The summed E-state index contributed by atoms with van der Waals surface area (Å²) in [4.78, 5) is 23.7. The molecular weight excluding hydrogens is 286 g/mol. The van der Waals surface area contributed by atoms with Gasteiger partial charge >= 0.3 is 5.97 Å². The Bertz CT molecular complexity index is 618. The van der Waals surface area contributed by atoms with Crippen LogP contribution in [0.5, 0.6) is 5.75 Å². The van der Waals surface area contributed by atoms with Crippen LogP contribution in [0.3, 0.4) is 0 Å². The number of furan rings is 1. The predicted octanol–water partition coefficient (Wildman–Crippen LogP) is 2.32. The van der Waals surface area contributed by atoms with E-state index in [1.165, 1.54) is 13.4 Å². The van der Waals surface area contributed by atoms with Crippen LogP contribution in [0.4, 0.5) is 0 Å². The highest BCUT2D eigenvalue weighted by Crippen LogP contribution is 2.21. The fourth-order valence-corrected chi connectivity index (χ4v) is 1.98. The first-order valence-corrected chi connectivity index (χ1v) is 6.69. The molecule has 1 unspecified atom stereocenters. The van der Waals surface area contributed by atoms with Gasteiger partial charge in [-0.25, -0.2) is 0 Å². The average molecular weight is 303 g/mol. The van der Waals surface area contributed by atoms with Gasteiger partial charge in [0.05, 0.1) is 32.9 Å². The van der Waals surface area contributed by atoms with Gasteiger partial charge in [-0.15, -0.1) is 0 Å². The van der Waals surface area contributed by atoms with E-state index in [9.17, 15) is 9.59 Å². The number of hydrogen-bond acceptors (Lipinski definition) is 5. The number of carbonyl (C=O) groups excluding carboxylic acids is 2. The summed E-state index contributed by atoms with van der Waals surface area (Å²) in [5, 5.41) is 2.76. The molecule has 1 aromatic heterocycles. The standard InChI is InChI=1S/C16H17NO5/c1-20-12-7-5-11(6-8-12)13(10-15(18)21-2)17-16(19)14-4-3-9-22-14/h3-9,13H,10H2,1-2H3,(H,17,19). The average Bonchev–Trinajstić information content (AvgIpc) is 3.08. The second-order valence-corrected chi connectivity index (χ2v) is 4.56. The van der Waals surface area contributed by atoms with Crippen molar-refractivity contribution in [3.05, 3.63) is 54.0 Å². The number of methoxy groups -OCH3 is 2. The first-order chi connectivity index (χ1) is 10.6. The van der Waals surface area contributed by atoms with E-state index in [0.717, 1.165) is 5.56 Å². The molecule has 0 spiro atoms. The molecule has 116 valence electrons. The van der Waals surface area contributed by atoms with E-state index in [1.807, 2.05) is 0 Å². The SMILES string of the molecule is COC(=O)CC(NC(=O)c1ccco1)c1ccc(OC)cc1. The first-order valence-electron chi connectivity index (χ1n) is 6.69. The summed E-state index contributed by atoms with van der Waals surface area (Å²) in [5.41, 5.74) is 0.770. The Morgan fingerprint density at radius 1 is 1.18 bits per heavy atom. The lowest BCUT2D eigenvalue weighted by atomic mass is 10.0. The van der Waals surface area contributed by atoms with Crippen molar-refractivity contribution < 1.29 is 23.5 Å². The van der Waals surface area contributed by atoms with Gasteiger partial charge in [0.15, 0.2) is 5.76 Å². The van der Waals surface area contributed by atoms with Crippen LogP contribution < -0.4 is 10.1 Å². The first kappa shape index (κ1) is 15.6. The van der Waals surface area contributed by atoms with Crippen LogP contribution in [0.1, 0.15) is 28.6 Å². The molecule has 1 atom stereocenters. The zero-order valence-corrected chi connectivity index (χ0v) is 12.4. The lowest BCUT2D eigenvalue weighted by Crippen LogP contribution is -2.30. The number of carbonyl (C=O) groups is 2. The normalized spacial score (nSPS) is 11.5. The molecule has 6 nitrogen and oxygen atoms in total. The molecule has 22 heavy (non-hydrogen) atoms. The monoisotopic (exact) mass is 303 g/mol. The van der Waals surface area contributed by atoms with Crippen LogP contribution in [0, 0.1) is 0 Å². The Hall–Kier alpha value is -2.76. The van der Waals surface area contributed by atoms with Gasteiger partial charge in [-0.1, -0.05) is 12.1 Å². The molecule has 0 fully saturated rings. The Labute approximate surface area is 128 Å². The molecule has 0 bridgehead atoms. The molecule has 1 aromatic carbocycles. The van der Waals surface area contributed by atoms with Gasteiger partial charge < -0.3 is 19.2 Å². The van der Waals surface area contributed by atoms with Gasteiger partial charge in [-0.2, -0.15) is 0 Å². The summed E-state index contributed by atoms with van der Waals surface area (Å²) in [6, 6.07) is 9.76. The maximum atomic E-state index is 12.1. The van der Waals surface area contributed by atoms with Gasteiger partial charge in [-0.3, -0.25) is 9.59 Å². The zero-order valence-electron chi connectivity index (χ0n) is 12.4. The number of hydrogen-bond donors (Lipinski definition) is 1. The maximum Gasteiger partial charge on any atom is 0.307 e. The molecule has 1 amide bonds. The summed E-state index contributed by atoms with van der Waals surface area (Å²) in [6.45, 7) is 0. The third-order valence-corrected chi connectivity index (χ3v) is 3.17. The third-order valence-electron chi connectivity index (χ3n) is 3.17. The van der Waals surface area contributed by atoms with Crippen LogP contribution in [-0.4, -0.2) is 26.1 Å². The molecule has 0 radical (unpaired) electrons. The van der Waals surface area contributed by atoms with Crippen molar-refractivity contribution in [2.75, 3.05) is 14.2 Å². The van der Waals surface area contributed by atoms with Gasteiger partial charge in [0.25, 0.3) is 5.91 Å². The van der Waals surface area contributed by atoms with E-state index in [4.69, 9.17) is 9.15 Å². The molecule has 0 aliphatic heterocycles. The summed E-state index contributed by atoms with van der Waals surface area (Å²) in [6.07, 6.45) is 1.44. The van der Waals surface area contributed by atoms with Crippen molar-refractivity contribution in [3.63, 3.8) is 0 Å². The summed E-state index contributed by atoms with van der Waals surface area (Å²) in [7, 11) is 2.88. The molecule has 0 aliphatic rings. The lowest BCUT2D eigenvalue weighted by molar-refractivity contribution is -0.141. The van der Waals surface area contributed by atoms with E-state index >= 15 is 0 Å². The van der Waals surface area contributed by atoms with E-state index in [-0.39, 0.29) is 12.2 Å². The van der Waals surface area contributed by atoms with Gasteiger partial charge in [0, 0.05) is 0 Å². The minimum atomic E-state index is -0.518. The van der Waals surface area contributed by atoms with Gasteiger partial charge in [-0.05, 0) is 29.8 Å². The number of esters is 1. The Morgan fingerprint density at radius 3 is 2.45 bits per heavy atom. The minimum absolute atomic E-state index is 0.0231. The van der Waals surface area contributed by atoms with Crippen molar-refractivity contribution >= 4 is 11.9 Å². The Balaban J connectivity index is 2.17. The molecule has 1 heterocycles. The molecule has 0 saturated heterocycles. The maximum absolute atomic E-state index is 12.1. The van der Waals surface area contributed by atoms with E-state index in [0.29, 0.717) is 5.75 Å².